The lowest BCUT2D eigenvalue weighted by Gasteiger charge is -2.33. The Morgan fingerprint density at radius 1 is 0.900 bits per heavy atom. The van der Waals surface area contributed by atoms with Crippen LogP contribution in [0.4, 0.5) is 8.78 Å². The number of benzene rings is 3. The third kappa shape index (κ3) is 7.73. The number of nitrogens with one attached hydrogen (secondary N) is 1. The van der Waals surface area contributed by atoms with Crippen LogP contribution in [0.15, 0.2) is 76.5 Å². The number of nitriles is 1. The van der Waals surface area contributed by atoms with Crippen molar-refractivity contribution in [2.75, 3.05) is 32.4 Å². The molecule has 1 fully saturated rings. The molecule has 1 atom stereocenters. The van der Waals surface area contributed by atoms with E-state index in [9.17, 15) is 25.6 Å². The molecule has 0 amide bonds. The van der Waals surface area contributed by atoms with E-state index in [0.717, 1.165) is 43.8 Å². The van der Waals surface area contributed by atoms with E-state index in [0.29, 0.717) is 30.6 Å². The third-order valence-electron chi connectivity index (χ3n) is 7.29. The Morgan fingerprint density at radius 2 is 1.48 bits per heavy atom. The zero-order valence-corrected chi connectivity index (χ0v) is 23.7. The monoisotopic (exact) mass is 587 g/mol. The molecule has 3 aromatic rings. The lowest BCUT2D eigenvalue weighted by Crippen LogP contribution is -2.39. The number of hydrogen-bond donors (Lipinski definition) is 1. The van der Waals surface area contributed by atoms with Crippen LogP contribution in [-0.4, -0.2) is 54.2 Å². The summed E-state index contributed by atoms with van der Waals surface area (Å²) in [5, 5.41) is 8.90. The molecule has 0 aromatic heterocycles. The summed E-state index contributed by atoms with van der Waals surface area (Å²) >= 11 is 0. The molecule has 1 aliphatic rings. The number of nitrogens with zero attached hydrogens (tertiary/aromatic N) is 2. The summed E-state index contributed by atoms with van der Waals surface area (Å²) < 4.78 is 79.8. The van der Waals surface area contributed by atoms with E-state index < -0.39 is 31.5 Å². The average molecular weight is 588 g/mol. The van der Waals surface area contributed by atoms with Crippen LogP contribution in [0.3, 0.4) is 0 Å². The number of sulfone groups is 1. The second-order valence-electron chi connectivity index (χ2n) is 10.2. The number of sulfonamides is 1. The highest BCUT2D eigenvalue weighted by molar-refractivity contribution is 7.90. The number of halogens is 2. The first-order chi connectivity index (χ1) is 18.9. The van der Waals surface area contributed by atoms with Gasteiger partial charge in [-0.2, -0.15) is 5.26 Å². The van der Waals surface area contributed by atoms with E-state index in [1.54, 1.807) is 12.1 Å². The Hall–Kier alpha value is -3.17. The van der Waals surface area contributed by atoms with Crippen LogP contribution in [0.1, 0.15) is 41.9 Å². The van der Waals surface area contributed by atoms with Gasteiger partial charge in [0.2, 0.25) is 10.0 Å². The van der Waals surface area contributed by atoms with Crippen LogP contribution >= 0.6 is 0 Å². The summed E-state index contributed by atoms with van der Waals surface area (Å²) in [6, 6.07) is 17.6. The van der Waals surface area contributed by atoms with Gasteiger partial charge in [-0.05, 0) is 104 Å². The fraction of sp³-hybridized carbons (Fsp3) is 0.345. The number of piperidine rings is 1. The minimum absolute atomic E-state index is 0.119. The Kier molecular flexibility index (Phi) is 9.36. The van der Waals surface area contributed by atoms with Crippen LogP contribution in [0.2, 0.25) is 0 Å². The van der Waals surface area contributed by atoms with Crippen molar-refractivity contribution in [3.63, 3.8) is 0 Å². The quantitative estimate of drug-likeness (QED) is 0.376. The van der Waals surface area contributed by atoms with Crippen molar-refractivity contribution >= 4 is 19.9 Å². The molecule has 4 rings (SSSR count). The highest BCUT2D eigenvalue weighted by Crippen LogP contribution is 2.31. The summed E-state index contributed by atoms with van der Waals surface area (Å²) in [5.74, 6) is -1.51. The van der Waals surface area contributed by atoms with Gasteiger partial charge >= 0.3 is 0 Å². The first kappa shape index (κ1) is 29.8. The van der Waals surface area contributed by atoms with Gasteiger partial charge in [-0.15, -0.1) is 0 Å². The second kappa shape index (κ2) is 12.6. The molecular formula is C29H31F2N3O4S2. The van der Waals surface area contributed by atoms with Crippen molar-refractivity contribution in [1.29, 1.82) is 5.26 Å². The van der Waals surface area contributed by atoms with Crippen LogP contribution in [-0.2, 0) is 19.9 Å². The molecule has 1 aliphatic heterocycles. The zero-order chi connectivity index (χ0) is 28.9. The van der Waals surface area contributed by atoms with E-state index >= 15 is 0 Å². The smallest absolute Gasteiger partial charge is 0.240 e. The molecule has 0 spiro atoms. The molecule has 1 saturated heterocycles. The van der Waals surface area contributed by atoms with Crippen LogP contribution < -0.4 is 4.72 Å². The van der Waals surface area contributed by atoms with Gasteiger partial charge in [0.1, 0.15) is 11.6 Å². The fourth-order valence-corrected chi connectivity index (χ4v) is 6.74. The molecule has 11 heteroatoms. The van der Waals surface area contributed by atoms with E-state index in [-0.39, 0.29) is 21.6 Å². The highest BCUT2D eigenvalue weighted by Gasteiger charge is 2.24. The third-order valence-corrected chi connectivity index (χ3v) is 9.86. The molecule has 40 heavy (non-hydrogen) atoms. The van der Waals surface area contributed by atoms with Gasteiger partial charge in [-0.3, -0.25) is 0 Å². The highest BCUT2D eigenvalue weighted by atomic mass is 32.2. The minimum atomic E-state index is -3.67. The molecule has 1 heterocycles. The van der Waals surface area contributed by atoms with Gasteiger partial charge in [0.05, 0.1) is 21.4 Å². The number of rotatable bonds is 10. The van der Waals surface area contributed by atoms with Crippen LogP contribution in [0.5, 0.6) is 0 Å². The van der Waals surface area contributed by atoms with Gasteiger partial charge in [-0.1, -0.05) is 12.1 Å². The maximum Gasteiger partial charge on any atom is 0.240 e. The minimum Gasteiger partial charge on any atom is -0.303 e. The van der Waals surface area contributed by atoms with Crippen molar-refractivity contribution in [2.45, 2.75) is 35.0 Å². The van der Waals surface area contributed by atoms with E-state index in [1.807, 2.05) is 6.07 Å². The molecule has 0 aliphatic carbocycles. The summed E-state index contributed by atoms with van der Waals surface area (Å²) in [6.45, 7) is 2.47. The predicted molar refractivity (Wildman–Crippen MR) is 148 cm³/mol. The standard InChI is InChI=1S/C29H31F2N3O4S2/c1-39(35,36)27-8-4-23(5-9-27)29(24-16-25(30)18-26(31)17-24)12-15-34-13-10-22(11-14-34)20-33-40(37,38)28-6-2-21(19-32)3-7-28/h2-9,16-18,22,29,33H,10-15,20H2,1H3/t29-/m1/s1. The summed E-state index contributed by atoms with van der Waals surface area (Å²) in [4.78, 5) is 2.55. The van der Waals surface area contributed by atoms with Gasteiger partial charge in [0.15, 0.2) is 9.84 Å². The SMILES string of the molecule is CS(=O)(=O)c1ccc([C@@H](CCN2CCC(CNS(=O)(=O)c3ccc(C#N)cc3)CC2)c2cc(F)cc(F)c2)cc1. The maximum atomic E-state index is 14.1. The molecule has 0 radical (unpaired) electrons. The molecular weight excluding hydrogens is 556 g/mol. The first-order valence-electron chi connectivity index (χ1n) is 12.9. The van der Waals surface area contributed by atoms with E-state index in [1.165, 1.54) is 48.5 Å². The van der Waals surface area contributed by atoms with E-state index in [2.05, 4.69) is 9.62 Å². The molecule has 3 aromatic carbocycles. The Balaban J connectivity index is 1.36. The lowest BCUT2D eigenvalue weighted by molar-refractivity contribution is 0.182. The van der Waals surface area contributed by atoms with Crippen molar-refractivity contribution < 1.29 is 25.6 Å². The Bertz CT molecular complexity index is 1560. The Labute approximate surface area is 234 Å². The summed E-state index contributed by atoms with van der Waals surface area (Å²) in [7, 11) is -7.05. The van der Waals surface area contributed by atoms with Gasteiger partial charge < -0.3 is 4.90 Å². The summed E-state index contributed by atoms with van der Waals surface area (Å²) in [6.07, 6.45) is 3.27. The lowest BCUT2D eigenvalue weighted by atomic mass is 9.87. The molecule has 0 saturated carbocycles. The van der Waals surface area contributed by atoms with Gasteiger partial charge in [-0.25, -0.2) is 30.3 Å². The van der Waals surface area contributed by atoms with Crippen LogP contribution in [0.25, 0.3) is 0 Å². The molecule has 1 N–H and O–H groups in total. The molecule has 0 bridgehead atoms. The Morgan fingerprint density at radius 3 is 2.02 bits per heavy atom. The van der Waals surface area contributed by atoms with Crippen molar-refractivity contribution in [3.8, 4) is 6.07 Å². The largest absolute Gasteiger partial charge is 0.303 e. The molecule has 212 valence electrons. The average Bonchev–Trinajstić information content (AvgIpc) is 2.92. The molecule has 7 nitrogen and oxygen atoms in total. The van der Waals surface area contributed by atoms with Gasteiger partial charge in [0, 0.05) is 24.8 Å². The maximum absolute atomic E-state index is 14.1. The number of hydrogen-bond acceptors (Lipinski definition) is 6. The number of likely N-dealkylation sites (tertiary alicyclic amines) is 1. The zero-order valence-electron chi connectivity index (χ0n) is 22.1. The van der Waals surface area contributed by atoms with Crippen LogP contribution in [0, 0.1) is 28.9 Å². The first-order valence-corrected chi connectivity index (χ1v) is 16.3. The van der Waals surface area contributed by atoms with Crippen molar-refractivity contribution in [3.05, 3.63) is 95.1 Å². The van der Waals surface area contributed by atoms with Crippen molar-refractivity contribution in [1.82, 2.24) is 9.62 Å². The second-order valence-corrected chi connectivity index (χ2v) is 13.9. The summed E-state index contributed by atoms with van der Waals surface area (Å²) in [5.41, 5.74) is 1.64. The fourth-order valence-electron chi connectivity index (χ4n) is 4.99. The normalized spacial score (nSPS) is 15.9. The van der Waals surface area contributed by atoms with Gasteiger partial charge in [0.25, 0.3) is 0 Å². The topological polar surface area (TPSA) is 107 Å². The predicted octanol–water partition coefficient (Wildman–Crippen LogP) is 4.45. The molecule has 0 unspecified atom stereocenters. The van der Waals surface area contributed by atoms with Crippen molar-refractivity contribution in [2.24, 2.45) is 5.92 Å². The van der Waals surface area contributed by atoms with E-state index in [4.69, 9.17) is 5.26 Å².